The van der Waals surface area contributed by atoms with Gasteiger partial charge in [0.2, 0.25) is 5.91 Å². The van der Waals surface area contributed by atoms with Crippen LogP contribution in [0, 0.1) is 12.8 Å². The lowest BCUT2D eigenvalue weighted by atomic mass is 10.2. The smallest absolute Gasteiger partial charge is 0.244 e. The van der Waals surface area contributed by atoms with Crippen molar-refractivity contribution in [3.63, 3.8) is 0 Å². The molecule has 0 aliphatic carbocycles. The van der Waals surface area contributed by atoms with E-state index < -0.39 is 0 Å². The molecule has 0 radical (unpaired) electrons. The molecule has 88 valence electrons. The predicted molar refractivity (Wildman–Crippen MR) is 61.7 cm³/mol. The summed E-state index contributed by atoms with van der Waals surface area (Å²) in [4.78, 5) is 11.3. The molecule has 4 nitrogen and oxygen atoms in total. The molecule has 1 atom stereocenters. The quantitative estimate of drug-likeness (QED) is 0.740. The average molecular weight is 223 g/mol. The number of furan rings is 1. The Morgan fingerprint density at radius 2 is 2.38 bits per heavy atom. The van der Waals surface area contributed by atoms with Crippen molar-refractivity contribution in [1.82, 2.24) is 5.32 Å². The number of aryl methyl sites for hydroxylation is 1. The van der Waals surface area contributed by atoms with Crippen molar-refractivity contribution in [2.45, 2.75) is 13.8 Å². The first-order valence-corrected chi connectivity index (χ1v) is 5.25. The number of hydrogen-bond donors (Lipinski definition) is 2. The Hall–Kier alpha value is -1.55. The van der Waals surface area contributed by atoms with E-state index in [0.717, 1.165) is 5.76 Å². The zero-order valence-electron chi connectivity index (χ0n) is 9.56. The van der Waals surface area contributed by atoms with Gasteiger partial charge in [0.1, 0.15) is 11.5 Å². The van der Waals surface area contributed by atoms with Crippen LogP contribution in [0.4, 0.5) is 0 Å². The predicted octanol–water partition coefficient (Wildman–Crippen LogP) is 1.35. The number of aliphatic hydroxyl groups excluding tert-OH is 1. The Balaban J connectivity index is 2.36. The van der Waals surface area contributed by atoms with Crippen molar-refractivity contribution in [2.75, 3.05) is 13.2 Å². The molecule has 0 aliphatic rings. The van der Waals surface area contributed by atoms with Crippen LogP contribution in [0.15, 0.2) is 22.6 Å². The van der Waals surface area contributed by atoms with E-state index in [1.54, 1.807) is 12.1 Å². The molecule has 0 bridgehead atoms. The van der Waals surface area contributed by atoms with Gasteiger partial charge < -0.3 is 14.8 Å². The highest BCUT2D eigenvalue weighted by Gasteiger charge is 2.01. The molecule has 0 fully saturated rings. The second kappa shape index (κ2) is 6.12. The first kappa shape index (κ1) is 12.5. The number of hydrogen-bond acceptors (Lipinski definition) is 3. The number of rotatable bonds is 5. The lowest BCUT2D eigenvalue weighted by Gasteiger charge is -2.06. The van der Waals surface area contributed by atoms with Crippen molar-refractivity contribution < 1.29 is 14.3 Å². The first-order valence-electron chi connectivity index (χ1n) is 5.25. The molecule has 0 saturated heterocycles. The van der Waals surface area contributed by atoms with Crippen molar-refractivity contribution in [3.8, 4) is 0 Å². The highest BCUT2D eigenvalue weighted by Crippen LogP contribution is 2.07. The SMILES string of the molecule is Cc1ccc(/C=C/C(=O)NCC(C)CO)o1. The third kappa shape index (κ3) is 4.31. The van der Waals surface area contributed by atoms with Crippen LogP contribution < -0.4 is 5.32 Å². The minimum atomic E-state index is -0.186. The Morgan fingerprint density at radius 1 is 1.62 bits per heavy atom. The summed E-state index contributed by atoms with van der Waals surface area (Å²) in [5.41, 5.74) is 0. The minimum Gasteiger partial charge on any atom is -0.462 e. The van der Waals surface area contributed by atoms with Crippen LogP contribution in [0.5, 0.6) is 0 Å². The summed E-state index contributed by atoms with van der Waals surface area (Å²) in [5, 5.41) is 11.5. The van der Waals surface area contributed by atoms with Gasteiger partial charge in [-0.05, 0) is 31.1 Å². The first-order chi connectivity index (χ1) is 7.61. The van der Waals surface area contributed by atoms with Gasteiger partial charge in [0.25, 0.3) is 0 Å². The molecule has 1 heterocycles. The molecule has 2 N–H and O–H groups in total. The summed E-state index contributed by atoms with van der Waals surface area (Å²) in [7, 11) is 0. The van der Waals surface area contributed by atoms with Crippen molar-refractivity contribution in [1.29, 1.82) is 0 Å². The molecular formula is C12H17NO3. The van der Waals surface area contributed by atoms with Gasteiger partial charge >= 0.3 is 0 Å². The zero-order valence-corrected chi connectivity index (χ0v) is 9.56. The minimum absolute atomic E-state index is 0.0708. The maximum atomic E-state index is 11.3. The van der Waals surface area contributed by atoms with E-state index in [4.69, 9.17) is 9.52 Å². The van der Waals surface area contributed by atoms with Gasteiger partial charge in [-0.3, -0.25) is 4.79 Å². The molecule has 1 aromatic heterocycles. The van der Waals surface area contributed by atoms with Crippen LogP contribution in [0.2, 0.25) is 0 Å². The maximum absolute atomic E-state index is 11.3. The van der Waals surface area contributed by atoms with Crippen LogP contribution in [0.25, 0.3) is 6.08 Å². The van der Waals surface area contributed by atoms with Crippen LogP contribution in [-0.4, -0.2) is 24.2 Å². The topological polar surface area (TPSA) is 62.5 Å². The Kier molecular flexibility index (Phi) is 4.79. The molecule has 1 amide bonds. The maximum Gasteiger partial charge on any atom is 0.244 e. The molecule has 4 heteroatoms. The lowest BCUT2D eigenvalue weighted by molar-refractivity contribution is -0.116. The Labute approximate surface area is 95.0 Å². The fourth-order valence-electron chi connectivity index (χ4n) is 1.10. The van der Waals surface area contributed by atoms with Crippen molar-refractivity contribution >= 4 is 12.0 Å². The summed E-state index contributed by atoms with van der Waals surface area (Å²) in [5.74, 6) is 1.36. The van der Waals surface area contributed by atoms with Crippen LogP contribution in [0.3, 0.4) is 0 Å². The number of amides is 1. The van der Waals surface area contributed by atoms with E-state index >= 15 is 0 Å². The van der Waals surface area contributed by atoms with Crippen LogP contribution in [0.1, 0.15) is 18.4 Å². The normalized spacial score (nSPS) is 12.9. The van der Waals surface area contributed by atoms with Gasteiger partial charge in [-0.15, -0.1) is 0 Å². The summed E-state index contributed by atoms with van der Waals surface area (Å²) >= 11 is 0. The molecule has 0 aromatic carbocycles. The van der Waals surface area contributed by atoms with Crippen LogP contribution in [-0.2, 0) is 4.79 Å². The van der Waals surface area contributed by atoms with Gasteiger partial charge in [-0.1, -0.05) is 6.92 Å². The fourth-order valence-corrected chi connectivity index (χ4v) is 1.10. The second-order valence-corrected chi connectivity index (χ2v) is 3.81. The van der Waals surface area contributed by atoms with E-state index in [1.807, 2.05) is 19.9 Å². The molecule has 16 heavy (non-hydrogen) atoms. The van der Waals surface area contributed by atoms with E-state index in [-0.39, 0.29) is 18.4 Å². The van der Waals surface area contributed by atoms with Crippen molar-refractivity contribution in [2.24, 2.45) is 5.92 Å². The van der Waals surface area contributed by atoms with Crippen LogP contribution >= 0.6 is 0 Å². The van der Waals surface area contributed by atoms with Gasteiger partial charge in [0, 0.05) is 19.2 Å². The van der Waals surface area contributed by atoms with Crippen molar-refractivity contribution in [3.05, 3.63) is 29.7 Å². The second-order valence-electron chi connectivity index (χ2n) is 3.81. The zero-order chi connectivity index (χ0) is 12.0. The molecule has 1 aromatic rings. The molecule has 0 saturated carbocycles. The molecule has 0 spiro atoms. The Morgan fingerprint density at radius 3 is 2.94 bits per heavy atom. The summed E-state index contributed by atoms with van der Waals surface area (Å²) in [6, 6.07) is 3.64. The standard InChI is InChI=1S/C12H17NO3/c1-9(8-14)7-13-12(15)6-5-11-4-3-10(2)16-11/h3-6,9,14H,7-8H2,1-2H3,(H,13,15)/b6-5+. The van der Waals surface area contributed by atoms with Gasteiger partial charge in [-0.2, -0.15) is 0 Å². The third-order valence-corrected chi connectivity index (χ3v) is 2.10. The fraction of sp³-hybridized carbons (Fsp3) is 0.417. The van der Waals surface area contributed by atoms with E-state index in [1.165, 1.54) is 6.08 Å². The highest BCUT2D eigenvalue weighted by molar-refractivity contribution is 5.91. The van der Waals surface area contributed by atoms with Gasteiger partial charge in [0.05, 0.1) is 0 Å². The van der Waals surface area contributed by atoms with E-state index in [2.05, 4.69) is 5.32 Å². The number of aliphatic hydroxyl groups is 1. The third-order valence-electron chi connectivity index (χ3n) is 2.10. The average Bonchev–Trinajstić information content (AvgIpc) is 2.69. The Bertz CT molecular complexity index is 368. The molecule has 1 rings (SSSR count). The highest BCUT2D eigenvalue weighted by atomic mass is 16.3. The number of carbonyl (C=O) groups excluding carboxylic acids is 1. The van der Waals surface area contributed by atoms with E-state index in [9.17, 15) is 4.79 Å². The monoisotopic (exact) mass is 223 g/mol. The summed E-state index contributed by atoms with van der Waals surface area (Å²) in [6.45, 7) is 4.25. The number of carbonyl (C=O) groups is 1. The van der Waals surface area contributed by atoms with Gasteiger partial charge in [-0.25, -0.2) is 0 Å². The molecule has 1 unspecified atom stereocenters. The van der Waals surface area contributed by atoms with E-state index in [0.29, 0.717) is 12.3 Å². The largest absolute Gasteiger partial charge is 0.462 e. The molecule has 0 aliphatic heterocycles. The lowest BCUT2D eigenvalue weighted by Crippen LogP contribution is -2.27. The number of nitrogens with one attached hydrogen (secondary N) is 1. The summed E-state index contributed by atoms with van der Waals surface area (Å²) in [6.07, 6.45) is 3.04. The summed E-state index contributed by atoms with van der Waals surface area (Å²) < 4.78 is 5.27. The van der Waals surface area contributed by atoms with Gasteiger partial charge in [0.15, 0.2) is 0 Å². The molecular weight excluding hydrogens is 206 g/mol.